The molecule has 0 N–H and O–H groups in total. The predicted molar refractivity (Wildman–Crippen MR) is 94.4 cm³/mol. The van der Waals surface area contributed by atoms with Crippen LogP contribution in [-0.2, 0) is 11.3 Å². The molecule has 8 heteroatoms. The summed E-state index contributed by atoms with van der Waals surface area (Å²) in [6.45, 7) is 6.20. The molecule has 1 fully saturated rings. The van der Waals surface area contributed by atoms with Gasteiger partial charge in [0.15, 0.2) is 7.11 Å². The average molecular weight is 370 g/mol. The summed E-state index contributed by atoms with van der Waals surface area (Å²) in [6.07, 6.45) is -0.866. The molecule has 26 heavy (non-hydrogen) atoms. The van der Waals surface area contributed by atoms with E-state index in [1.807, 2.05) is 26.0 Å². The maximum absolute atomic E-state index is 12.7. The molecule has 1 saturated heterocycles. The molecule has 0 amide bonds. The van der Waals surface area contributed by atoms with Crippen LogP contribution in [0.4, 0.5) is 20.2 Å². The summed E-state index contributed by atoms with van der Waals surface area (Å²) in [5, 5.41) is 0. The standard InChI is InChI=1S/C18H26F2N3O3/c1-18(2)11-13-9-15(23(24)25-3)14(10-16(13)26-18)22-6-4-5-21(7-8-22)12-17(19)20/h9-10,17H,4-8,11-12H2,1-3H3/q+1. The zero-order valence-corrected chi connectivity index (χ0v) is 15.5. The minimum atomic E-state index is -2.33. The van der Waals surface area contributed by atoms with E-state index in [1.54, 1.807) is 4.90 Å². The van der Waals surface area contributed by atoms with E-state index in [0.717, 1.165) is 29.8 Å². The Morgan fingerprint density at radius 1 is 1.27 bits per heavy atom. The first-order chi connectivity index (χ1) is 12.3. The van der Waals surface area contributed by atoms with E-state index in [-0.39, 0.29) is 12.1 Å². The number of alkyl halides is 2. The Kier molecular flexibility index (Phi) is 5.32. The Morgan fingerprint density at radius 2 is 2.04 bits per heavy atom. The van der Waals surface area contributed by atoms with Crippen LogP contribution < -0.4 is 9.64 Å². The Hall–Kier alpha value is -1.96. The second-order valence-electron chi connectivity index (χ2n) is 7.46. The lowest BCUT2D eigenvalue weighted by Gasteiger charge is -2.23. The van der Waals surface area contributed by atoms with Gasteiger partial charge >= 0.3 is 5.69 Å². The van der Waals surface area contributed by atoms with Crippen molar-refractivity contribution in [2.75, 3.05) is 44.7 Å². The molecule has 0 bridgehead atoms. The van der Waals surface area contributed by atoms with E-state index in [0.29, 0.717) is 36.8 Å². The van der Waals surface area contributed by atoms with Crippen molar-refractivity contribution in [3.8, 4) is 5.75 Å². The van der Waals surface area contributed by atoms with Crippen LogP contribution in [-0.4, -0.2) is 61.7 Å². The molecule has 1 aromatic rings. The largest absolute Gasteiger partial charge is 0.487 e. The fraction of sp³-hybridized carbons (Fsp3) is 0.667. The van der Waals surface area contributed by atoms with Crippen LogP contribution in [0.2, 0.25) is 0 Å². The molecule has 2 aliphatic heterocycles. The minimum Gasteiger partial charge on any atom is -0.487 e. The SMILES string of the molecule is CO[N+](=O)c1cc2c(cc1N1CCCN(CC(F)F)CC1)OC(C)(C)C2. The normalized spacial score (nSPS) is 19.8. The Balaban J connectivity index is 1.88. The molecule has 144 valence electrons. The molecule has 0 saturated carbocycles. The number of anilines is 1. The van der Waals surface area contributed by atoms with Gasteiger partial charge < -0.3 is 9.64 Å². The molecule has 0 aromatic heterocycles. The summed E-state index contributed by atoms with van der Waals surface area (Å²) in [5.74, 6) is 0.770. The van der Waals surface area contributed by atoms with Gasteiger partial charge in [0.2, 0.25) is 0 Å². The smallest absolute Gasteiger partial charge is 0.340 e. The third kappa shape index (κ3) is 4.06. The number of fused-ring (bicyclic) bond motifs is 1. The first kappa shape index (κ1) is 18.8. The van der Waals surface area contributed by atoms with Crippen LogP contribution in [0, 0.1) is 4.91 Å². The third-order valence-corrected chi connectivity index (χ3v) is 4.85. The lowest BCUT2D eigenvalue weighted by atomic mass is 10.0. The molecule has 2 heterocycles. The van der Waals surface area contributed by atoms with E-state index in [2.05, 4.69) is 4.90 Å². The number of rotatable bonds is 5. The topological polar surface area (TPSA) is 45.0 Å². The third-order valence-electron chi connectivity index (χ3n) is 4.85. The Morgan fingerprint density at radius 3 is 2.73 bits per heavy atom. The number of ether oxygens (including phenoxy) is 1. The molecule has 0 atom stereocenters. The molecule has 0 radical (unpaired) electrons. The number of nitrogens with zero attached hydrogens (tertiary/aromatic N) is 3. The average Bonchev–Trinajstić information content (AvgIpc) is 2.72. The highest BCUT2D eigenvalue weighted by atomic mass is 19.3. The van der Waals surface area contributed by atoms with Crippen molar-refractivity contribution in [3.05, 3.63) is 22.6 Å². The lowest BCUT2D eigenvalue weighted by Crippen LogP contribution is -2.33. The van der Waals surface area contributed by atoms with Gasteiger partial charge in [-0.25, -0.2) is 13.6 Å². The van der Waals surface area contributed by atoms with E-state index < -0.39 is 6.43 Å². The monoisotopic (exact) mass is 370 g/mol. The lowest BCUT2D eigenvalue weighted by molar-refractivity contribution is -0.736. The van der Waals surface area contributed by atoms with Crippen molar-refractivity contribution < 1.29 is 23.3 Å². The van der Waals surface area contributed by atoms with Crippen molar-refractivity contribution in [1.29, 1.82) is 0 Å². The van der Waals surface area contributed by atoms with Crippen LogP contribution in [0.1, 0.15) is 25.8 Å². The molecule has 3 rings (SSSR count). The molecular formula is C18H26F2N3O3+. The van der Waals surface area contributed by atoms with Crippen LogP contribution >= 0.6 is 0 Å². The van der Waals surface area contributed by atoms with E-state index >= 15 is 0 Å². The summed E-state index contributed by atoms with van der Waals surface area (Å²) in [6, 6.07) is 3.70. The van der Waals surface area contributed by atoms with Gasteiger partial charge in [0.25, 0.3) is 11.3 Å². The van der Waals surface area contributed by atoms with Crippen molar-refractivity contribution in [1.82, 2.24) is 4.90 Å². The van der Waals surface area contributed by atoms with Gasteiger partial charge in [-0.2, -0.15) is 0 Å². The summed E-state index contributed by atoms with van der Waals surface area (Å²) in [5.41, 5.74) is 1.80. The highest BCUT2D eigenvalue weighted by molar-refractivity contribution is 5.68. The van der Waals surface area contributed by atoms with Crippen LogP contribution in [0.25, 0.3) is 0 Å². The van der Waals surface area contributed by atoms with Gasteiger partial charge in [0.1, 0.15) is 17.0 Å². The predicted octanol–water partition coefficient (Wildman–Crippen LogP) is 3.15. The second kappa shape index (κ2) is 7.34. The highest BCUT2D eigenvalue weighted by Crippen LogP contribution is 2.42. The van der Waals surface area contributed by atoms with E-state index in [4.69, 9.17) is 9.57 Å². The fourth-order valence-electron chi connectivity index (χ4n) is 3.71. The molecule has 6 nitrogen and oxygen atoms in total. The van der Waals surface area contributed by atoms with Gasteiger partial charge in [-0.3, -0.25) is 4.90 Å². The van der Waals surface area contributed by atoms with Crippen molar-refractivity contribution >= 4 is 11.4 Å². The molecule has 1 aromatic carbocycles. The van der Waals surface area contributed by atoms with Crippen molar-refractivity contribution in [3.63, 3.8) is 0 Å². The molecule has 2 aliphatic rings. The van der Waals surface area contributed by atoms with E-state index in [9.17, 15) is 13.7 Å². The van der Waals surface area contributed by atoms with Gasteiger partial charge in [-0.1, -0.05) is 0 Å². The quantitative estimate of drug-likeness (QED) is 0.745. The zero-order valence-electron chi connectivity index (χ0n) is 15.5. The summed E-state index contributed by atoms with van der Waals surface area (Å²) < 4.78 is 31.4. The van der Waals surface area contributed by atoms with Crippen molar-refractivity contribution in [2.45, 2.75) is 38.7 Å². The summed E-state index contributed by atoms with van der Waals surface area (Å²) in [4.78, 5) is 21.5. The number of benzene rings is 1. The minimum absolute atomic E-state index is 0.214. The summed E-state index contributed by atoms with van der Waals surface area (Å²) in [7, 11) is 1.33. The maximum atomic E-state index is 12.7. The number of hydrogen-bond acceptors (Lipinski definition) is 5. The molecule has 0 unspecified atom stereocenters. The van der Waals surface area contributed by atoms with Gasteiger partial charge in [-0.05, 0) is 20.3 Å². The highest BCUT2D eigenvalue weighted by Gasteiger charge is 2.36. The molecule has 0 aliphatic carbocycles. The summed E-state index contributed by atoms with van der Waals surface area (Å²) >= 11 is 0. The van der Waals surface area contributed by atoms with Gasteiger partial charge in [-0.15, -0.1) is 0 Å². The van der Waals surface area contributed by atoms with Gasteiger partial charge in [0.05, 0.1) is 11.5 Å². The van der Waals surface area contributed by atoms with Crippen LogP contribution in [0.5, 0.6) is 5.75 Å². The molecule has 0 spiro atoms. The number of hydrogen-bond donors (Lipinski definition) is 0. The van der Waals surface area contributed by atoms with Gasteiger partial charge in [0, 0.05) is 50.3 Å². The van der Waals surface area contributed by atoms with Crippen LogP contribution in [0.3, 0.4) is 0 Å². The van der Waals surface area contributed by atoms with E-state index in [1.165, 1.54) is 7.11 Å². The first-order valence-corrected chi connectivity index (χ1v) is 8.92. The Bertz CT molecular complexity index is 682. The Labute approximate surface area is 152 Å². The second-order valence-corrected chi connectivity index (χ2v) is 7.46. The fourth-order valence-corrected chi connectivity index (χ4v) is 3.71. The number of halogens is 2. The van der Waals surface area contributed by atoms with Crippen LogP contribution in [0.15, 0.2) is 12.1 Å². The first-order valence-electron chi connectivity index (χ1n) is 8.92. The van der Waals surface area contributed by atoms with Crippen molar-refractivity contribution in [2.24, 2.45) is 0 Å². The maximum Gasteiger partial charge on any atom is 0.340 e. The molecular weight excluding hydrogens is 344 g/mol. The zero-order chi connectivity index (χ0) is 18.9.